The highest BCUT2D eigenvalue weighted by Gasteiger charge is 2.39. The third kappa shape index (κ3) is 6.02. The normalized spacial score (nSPS) is 19.9. The van der Waals surface area contributed by atoms with E-state index in [4.69, 9.17) is 16.3 Å². The van der Waals surface area contributed by atoms with Gasteiger partial charge in [0.05, 0.1) is 29.8 Å². The molecule has 1 saturated heterocycles. The number of aromatic nitrogens is 2. The number of fused-ring (bicyclic) bond motifs is 2. The summed E-state index contributed by atoms with van der Waals surface area (Å²) in [6.07, 6.45) is 1.29. The third-order valence-corrected chi connectivity index (χ3v) is 8.88. The van der Waals surface area contributed by atoms with Crippen molar-refractivity contribution in [2.45, 2.75) is 45.3 Å². The van der Waals surface area contributed by atoms with Crippen LogP contribution in [-0.4, -0.2) is 90.0 Å². The number of ether oxygens (including phenoxy) is 1. The Morgan fingerprint density at radius 1 is 1.18 bits per heavy atom. The van der Waals surface area contributed by atoms with Crippen molar-refractivity contribution in [2.75, 3.05) is 40.4 Å². The number of hydrogen-bond acceptors (Lipinski definition) is 7. The zero-order valence-electron chi connectivity index (χ0n) is 23.2. The largest absolute Gasteiger partial charge is 0.384 e. The Balaban J connectivity index is 1.35. The van der Waals surface area contributed by atoms with Crippen molar-refractivity contribution in [1.29, 1.82) is 0 Å². The van der Waals surface area contributed by atoms with Crippen LogP contribution in [0, 0.1) is 5.41 Å². The summed E-state index contributed by atoms with van der Waals surface area (Å²) in [5.41, 5.74) is 1.46. The average molecular weight is 587 g/mol. The molecule has 1 aromatic carbocycles. The van der Waals surface area contributed by atoms with Gasteiger partial charge in [-0.15, -0.1) is 11.3 Å². The summed E-state index contributed by atoms with van der Waals surface area (Å²) in [6, 6.07) is 6.25. The number of likely N-dealkylation sites (N-methyl/N-ethyl adjacent to an activating group) is 1. The molecule has 2 atom stereocenters. The van der Waals surface area contributed by atoms with Crippen LogP contribution in [0.25, 0.3) is 10.9 Å². The van der Waals surface area contributed by atoms with Gasteiger partial charge < -0.3 is 30.2 Å². The second-order valence-corrected chi connectivity index (χ2v) is 12.8. The first-order valence-corrected chi connectivity index (χ1v) is 14.6. The van der Waals surface area contributed by atoms with Crippen molar-refractivity contribution >= 4 is 51.6 Å². The summed E-state index contributed by atoms with van der Waals surface area (Å²) in [7, 11) is 3.62. The number of methoxy groups -OCH3 is 1. The predicted octanol–water partition coefficient (Wildman–Crippen LogP) is 3.07. The lowest BCUT2D eigenvalue weighted by molar-refractivity contribution is -0.144. The monoisotopic (exact) mass is 586 g/mol. The fourth-order valence-electron chi connectivity index (χ4n) is 5.43. The molecular formula is C28H35ClN6O4S. The third-order valence-electron chi connectivity index (χ3n) is 7.56. The molecule has 10 nitrogen and oxygen atoms in total. The highest BCUT2D eigenvalue weighted by molar-refractivity contribution is 7.13. The van der Waals surface area contributed by atoms with Gasteiger partial charge in [0, 0.05) is 60.5 Å². The maximum Gasteiger partial charge on any atom is 0.280 e. The fourth-order valence-corrected chi connectivity index (χ4v) is 6.70. The molecule has 0 radical (unpaired) electrons. The van der Waals surface area contributed by atoms with Crippen molar-refractivity contribution < 1.29 is 19.1 Å². The molecule has 2 aliphatic heterocycles. The molecule has 1 fully saturated rings. The molecule has 0 unspecified atom stereocenters. The quantitative estimate of drug-likeness (QED) is 0.391. The number of likely N-dealkylation sites (tertiary alicyclic amines) is 1. The van der Waals surface area contributed by atoms with Crippen LogP contribution in [0.4, 0.5) is 0 Å². The van der Waals surface area contributed by atoms with Crippen molar-refractivity contribution in [2.24, 2.45) is 5.41 Å². The Bertz CT molecular complexity index is 1440. The molecule has 40 heavy (non-hydrogen) atoms. The molecule has 5 rings (SSSR count). The van der Waals surface area contributed by atoms with Gasteiger partial charge >= 0.3 is 0 Å². The molecule has 2 aromatic heterocycles. The summed E-state index contributed by atoms with van der Waals surface area (Å²) >= 11 is 7.52. The van der Waals surface area contributed by atoms with E-state index in [1.807, 2.05) is 19.9 Å². The van der Waals surface area contributed by atoms with Gasteiger partial charge in [0.15, 0.2) is 5.01 Å². The number of carbonyl (C=O) groups excluding carboxylic acids is 3. The van der Waals surface area contributed by atoms with E-state index in [0.29, 0.717) is 28.7 Å². The first-order valence-electron chi connectivity index (χ1n) is 13.4. The van der Waals surface area contributed by atoms with E-state index in [-0.39, 0.29) is 36.9 Å². The highest BCUT2D eigenvalue weighted by atomic mass is 35.5. The highest BCUT2D eigenvalue weighted by Crippen LogP contribution is 2.26. The number of nitrogens with zero attached hydrogens (tertiary/aromatic N) is 3. The molecule has 3 aromatic rings. The van der Waals surface area contributed by atoms with Crippen LogP contribution in [0.1, 0.15) is 51.1 Å². The fraction of sp³-hybridized carbons (Fsp3) is 0.500. The van der Waals surface area contributed by atoms with E-state index in [2.05, 4.69) is 32.5 Å². The van der Waals surface area contributed by atoms with Gasteiger partial charge in [-0.2, -0.15) is 0 Å². The predicted molar refractivity (Wildman–Crippen MR) is 155 cm³/mol. The molecule has 12 heteroatoms. The van der Waals surface area contributed by atoms with Crippen LogP contribution >= 0.6 is 22.9 Å². The molecular weight excluding hydrogens is 552 g/mol. The van der Waals surface area contributed by atoms with E-state index >= 15 is 0 Å². The van der Waals surface area contributed by atoms with Gasteiger partial charge in [-0.1, -0.05) is 11.6 Å². The number of nitrogens with one attached hydrogen (secondary N) is 3. The van der Waals surface area contributed by atoms with Crippen molar-refractivity contribution in [3.8, 4) is 0 Å². The van der Waals surface area contributed by atoms with Crippen LogP contribution in [0.3, 0.4) is 0 Å². The number of hydrogen-bond donors (Lipinski definition) is 3. The van der Waals surface area contributed by atoms with Gasteiger partial charge in [-0.3, -0.25) is 14.4 Å². The molecule has 3 N–H and O–H groups in total. The minimum Gasteiger partial charge on any atom is -0.384 e. The van der Waals surface area contributed by atoms with Crippen LogP contribution in [0.5, 0.6) is 0 Å². The topological polar surface area (TPSA) is 120 Å². The summed E-state index contributed by atoms with van der Waals surface area (Å²) in [4.78, 5) is 52.9. The Morgan fingerprint density at radius 3 is 2.73 bits per heavy atom. The Hall–Kier alpha value is -2.99. The lowest BCUT2D eigenvalue weighted by Gasteiger charge is -2.41. The van der Waals surface area contributed by atoms with Gasteiger partial charge in [0.1, 0.15) is 5.69 Å². The number of thiazole rings is 1. The van der Waals surface area contributed by atoms with Gasteiger partial charge in [0.2, 0.25) is 5.91 Å². The van der Waals surface area contributed by atoms with E-state index in [1.165, 1.54) is 11.3 Å². The summed E-state index contributed by atoms with van der Waals surface area (Å²) in [5, 5.41) is 8.01. The molecule has 0 bridgehead atoms. The molecule has 3 amide bonds. The van der Waals surface area contributed by atoms with Crippen molar-refractivity contribution in [3.05, 3.63) is 50.6 Å². The number of H-pyrrole nitrogens is 1. The zero-order chi connectivity index (χ0) is 28.6. The minimum atomic E-state index is -0.717. The molecule has 214 valence electrons. The van der Waals surface area contributed by atoms with E-state index in [1.54, 1.807) is 30.2 Å². The number of piperidine rings is 1. The molecule has 0 aliphatic carbocycles. The van der Waals surface area contributed by atoms with Gasteiger partial charge in [-0.25, -0.2) is 4.98 Å². The lowest BCUT2D eigenvalue weighted by Crippen LogP contribution is -2.62. The Labute approximate surface area is 242 Å². The molecule has 2 aliphatic rings. The number of halogens is 1. The number of carbonyl (C=O) groups is 3. The first kappa shape index (κ1) is 28.5. The number of benzene rings is 1. The van der Waals surface area contributed by atoms with E-state index in [0.717, 1.165) is 41.0 Å². The number of rotatable bonds is 7. The number of aromatic amines is 1. The minimum absolute atomic E-state index is 0.0568. The Morgan fingerprint density at radius 2 is 1.95 bits per heavy atom. The standard InChI is InChI=1S/C28H35ClN6O4S/c1-28(2,15-39-4)27(38)35-10-8-19(31-24(36)21-12-16-11-17(29)5-6-18(16)30-21)22(13-35)32-25(37)26-33-20-7-9-34(3)14-23(20)40-26/h5-6,11-12,19,22,30H,7-10,13-15H2,1-4H3,(H,31,36)(H,32,37)/t19-,22+/m0/s1. The maximum absolute atomic E-state index is 13.4. The lowest BCUT2D eigenvalue weighted by atomic mass is 9.90. The van der Waals surface area contributed by atoms with Gasteiger partial charge in [-0.05, 0) is 51.6 Å². The van der Waals surface area contributed by atoms with Crippen molar-refractivity contribution in [3.63, 3.8) is 0 Å². The summed E-state index contributed by atoms with van der Waals surface area (Å²) < 4.78 is 5.27. The van der Waals surface area contributed by atoms with Crippen LogP contribution in [0.2, 0.25) is 5.02 Å². The SMILES string of the molecule is COCC(C)(C)C(=O)N1CC[C@H](NC(=O)c2cc3cc(Cl)ccc3[nH]2)[C@H](NC(=O)c2nc3c(s2)CN(C)CC3)C1. The van der Waals surface area contributed by atoms with Crippen LogP contribution in [-0.2, 0) is 22.5 Å². The zero-order valence-corrected chi connectivity index (χ0v) is 24.7. The van der Waals surface area contributed by atoms with Crippen LogP contribution in [0.15, 0.2) is 24.3 Å². The molecule has 4 heterocycles. The molecule has 0 saturated carbocycles. The smallest absolute Gasteiger partial charge is 0.280 e. The van der Waals surface area contributed by atoms with E-state index < -0.39 is 11.5 Å². The van der Waals surface area contributed by atoms with E-state index in [9.17, 15) is 14.4 Å². The summed E-state index contributed by atoms with van der Waals surface area (Å²) in [5.74, 6) is -0.639. The van der Waals surface area contributed by atoms with Crippen LogP contribution < -0.4 is 10.6 Å². The second kappa shape index (κ2) is 11.5. The number of amides is 3. The average Bonchev–Trinajstić information content (AvgIpc) is 3.53. The first-order chi connectivity index (χ1) is 19.0. The summed E-state index contributed by atoms with van der Waals surface area (Å²) in [6.45, 7) is 6.36. The van der Waals surface area contributed by atoms with Crippen molar-refractivity contribution in [1.82, 2.24) is 30.4 Å². The second-order valence-electron chi connectivity index (χ2n) is 11.3. The van der Waals surface area contributed by atoms with Gasteiger partial charge in [0.25, 0.3) is 11.8 Å². The maximum atomic E-state index is 13.4. The Kier molecular flexibility index (Phi) is 8.19. The molecule has 0 spiro atoms.